The lowest BCUT2D eigenvalue weighted by molar-refractivity contribution is -0.145. The first-order valence-corrected chi connectivity index (χ1v) is 10.3. The van der Waals surface area contributed by atoms with Gasteiger partial charge < -0.3 is 14.2 Å². The summed E-state index contributed by atoms with van der Waals surface area (Å²) in [5, 5.41) is 0.254. The van der Waals surface area contributed by atoms with Crippen LogP contribution in [0.5, 0.6) is 11.5 Å². The van der Waals surface area contributed by atoms with E-state index in [2.05, 4.69) is 4.98 Å². The van der Waals surface area contributed by atoms with Crippen molar-refractivity contribution in [3.63, 3.8) is 0 Å². The Hall–Kier alpha value is -3.10. The molecule has 2 aromatic heterocycles. The predicted octanol–water partition coefficient (Wildman–Crippen LogP) is 3.06. The molecule has 0 saturated heterocycles. The Morgan fingerprint density at radius 3 is 2.87 bits per heavy atom. The van der Waals surface area contributed by atoms with Gasteiger partial charge in [0.25, 0.3) is 5.56 Å². The topological polar surface area (TPSA) is 79.1 Å². The van der Waals surface area contributed by atoms with Gasteiger partial charge in [0.1, 0.15) is 0 Å². The highest BCUT2D eigenvalue weighted by Crippen LogP contribution is 2.36. The lowest BCUT2D eigenvalue weighted by atomic mass is 10.2. The summed E-state index contributed by atoms with van der Waals surface area (Å²) in [5.74, 6) is 0.0763. The van der Waals surface area contributed by atoms with Gasteiger partial charge >= 0.3 is 5.97 Å². The van der Waals surface area contributed by atoms with Gasteiger partial charge in [-0.3, -0.25) is 4.79 Å². The zero-order valence-corrected chi connectivity index (χ0v) is 17.7. The average Bonchev–Trinajstić information content (AvgIpc) is 3.23. The highest BCUT2D eigenvalue weighted by molar-refractivity contribution is 7.15. The molecule has 4 rings (SSSR count). The fourth-order valence-electron chi connectivity index (χ4n) is 3.06. The van der Waals surface area contributed by atoms with Gasteiger partial charge in [-0.15, -0.1) is 0 Å². The van der Waals surface area contributed by atoms with Crippen molar-refractivity contribution in [2.75, 3.05) is 20.3 Å². The molecule has 0 aliphatic heterocycles. The van der Waals surface area contributed by atoms with Crippen molar-refractivity contribution in [2.45, 2.75) is 6.92 Å². The number of esters is 1. The number of imidazole rings is 1. The second-order valence-corrected chi connectivity index (χ2v) is 7.68. The van der Waals surface area contributed by atoms with Crippen LogP contribution in [0.4, 0.5) is 0 Å². The fourth-order valence-corrected chi connectivity index (χ4v) is 4.32. The number of carbonyl (C=O) groups is 1. The van der Waals surface area contributed by atoms with Crippen LogP contribution in [0, 0.1) is 0 Å². The van der Waals surface area contributed by atoms with Crippen molar-refractivity contribution < 1.29 is 19.0 Å². The third-order valence-corrected chi connectivity index (χ3v) is 5.58. The van der Waals surface area contributed by atoms with Crippen molar-refractivity contribution in [1.29, 1.82) is 0 Å². The van der Waals surface area contributed by atoms with Crippen LogP contribution >= 0.6 is 22.9 Å². The molecule has 9 heteroatoms. The standard InChI is InChI=1S/C21H17ClN2O5S/c1-3-28-18(25)11-29-19-13(22)8-12(9-16(19)27-2)10-17-20(26)24-15-7-5-4-6-14(15)23-21(24)30-17/h4-10H,3,11H2,1-2H3. The van der Waals surface area contributed by atoms with Gasteiger partial charge in [-0.1, -0.05) is 35.1 Å². The Morgan fingerprint density at radius 1 is 1.30 bits per heavy atom. The average molecular weight is 445 g/mol. The molecule has 0 radical (unpaired) electrons. The number of halogens is 1. The molecule has 2 heterocycles. The minimum atomic E-state index is -0.503. The Labute approximate surface area is 180 Å². The van der Waals surface area contributed by atoms with Gasteiger partial charge in [0.05, 0.1) is 34.3 Å². The van der Waals surface area contributed by atoms with E-state index in [1.165, 1.54) is 18.4 Å². The van der Waals surface area contributed by atoms with Crippen molar-refractivity contribution in [3.05, 3.63) is 61.9 Å². The number of nitrogens with zero attached hydrogens (tertiary/aromatic N) is 2. The van der Waals surface area contributed by atoms with E-state index in [-0.39, 0.29) is 29.5 Å². The first-order valence-electron chi connectivity index (χ1n) is 9.09. The molecule has 0 bridgehead atoms. The number of para-hydroxylation sites is 2. The molecule has 4 aromatic rings. The second kappa shape index (κ2) is 8.33. The molecule has 0 unspecified atom stereocenters. The summed E-state index contributed by atoms with van der Waals surface area (Å²) in [6.07, 6.45) is 1.72. The summed E-state index contributed by atoms with van der Waals surface area (Å²) in [5.41, 5.74) is 2.06. The number of thiazole rings is 1. The van der Waals surface area contributed by atoms with Crippen LogP contribution in [0.15, 0.2) is 41.2 Å². The second-order valence-electron chi connectivity index (χ2n) is 6.26. The summed E-state index contributed by atoms with van der Waals surface area (Å²) in [7, 11) is 1.47. The van der Waals surface area contributed by atoms with Crippen LogP contribution in [-0.2, 0) is 9.53 Å². The molecule has 7 nitrogen and oxygen atoms in total. The number of benzene rings is 2. The third-order valence-electron chi connectivity index (χ3n) is 4.33. The van der Waals surface area contributed by atoms with Gasteiger partial charge in [-0.05, 0) is 42.8 Å². The lowest BCUT2D eigenvalue weighted by Gasteiger charge is -2.12. The molecule has 0 fully saturated rings. The zero-order chi connectivity index (χ0) is 21.3. The van der Waals surface area contributed by atoms with Crippen molar-refractivity contribution >= 4 is 51.0 Å². The molecule has 0 aliphatic carbocycles. The third kappa shape index (κ3) is 3.71. The van der Waals surface area contributed by atoms with Gasteiger partial charge in [-0.2, -0.15) is 0 Å². The van der Waals surface area contributed by atoms with Crippen LogP contribution in [0.3, 0.4) is 0 Å². The maximum absolute atomic E-state index is 12.9. The van der Waals surface area contributed by atoms with E-state index in [0.717, 1.165) is 11.0 Å². The van der Waals surface area contributed by atoms with Crippen LogP contribution in [0.2, 0.25) is 5.02 Å². The van der Waals surface area contributed by atoms with Gasteiger partial charge in [-0.25, -0.2) is 14.2 Å². The first kappa shape index (κ1) is 20.2. The number of ether oxygens (including phenoxy) is 3. The van der Waals surface area contributed by atoms with E-state index in [4.69, 9.17) is 25.8 Å². The van der Waals surface area contributed by atoms with E-state index in [1.807, 2.05) is 24.3 Å². The molecule has 30 heavy (non-hydrogen) atoms. The number of hydrogen-bond acceptors (Lipinski definition) is 7. The van der Waals surface area contributed by atoms with Crippen molar-refractivity contribution in [2.24, 2.45) is 0 Å². The number of aromatic nitrogens is 2. The van der Waals surface area contributed by atoms with E-state index >= 15 is 0 Å². The summed E-state index contributed by atoms with van der Waals surface area (Å²) in [6.45, 7) is 1.69. The highest BCUT2D eigenvalue weighted by atomic mass is 35.5. The lowest BCUT2D eigenvalue weighted by Crippen LogP contribution is -2.22. The minimum absolute atomic E-state index is 0.151. The van der Waals surface area contributed by atoms with Gasteiger partial charge in [0.15, 0.2) is 23.1 Å². The van der Waals surface area contributed by atoms with Crippen LogP contribution in [0.1, 0.15) is 12.5 Å². The first-order chi connectivity index (χ1) is 14.5. The largest absolute Gasteiger partial charge is 0.493 e. The summed E-state index contributed by atoms with van der Waals surface area (Å²) < 4.78 is 17.8. The Bertz CT molecular complexity index is 1360. The minimum Gasteiger partial charge on any atom is -0.493 e. The number of rotatable bonds is 6. The molecule has 154 valence electrons. The number of methoxy groups -OCH3 is 1. The monoisotopic (exact) mass is 444 g/mol. The SMILES string of the molecule is CCOC(=O)COc1c(Cl)cc(C=c2sc3nc4ccccc4n3c2=O)cc1OC. The summed E-state index contributed by atoms with van der Waals surface area (Å²) in [4.78, 5) is 29.6. The van der Waals surface area contributed by atoms with Crippen molar-refractivity contribution in [1.82, 2.24) is 9.38 Å². The van der Waals surface area contributed by atoms with Gasteiger partial charge in [0, 0.05) is 0 Å². The summed E-state index contributed by atoms with van der Waals surface area (Å²) >= 11 is 7.64. The highest BCUT2D eigenvalue weighted by Gasteiger charge is 2.15. The Morgan fingerprint density at radius 2 is 2.10 bits per heavy atom. The predicted molar refractivity (Wildman–Crippen MR) is 116 cm³/mol. The van der Waals surface area contributed by atoms with Crippen LogP contribution < -0.4 is 19.6 Å². The normalized spacial score (nSPS) is 11.9. The fraction of sp³-hybridized carbons (Fsp3) is 0.190. The number of fused-ring (bicyclic) bond motifs is 3. The smallest absolute Gasteiger partial charge is 0.344 e. The molecule has 0 atom stereocenters. The van der Waals surface area contributed by atoms with E-state index in [1.54, 1.807) is 29.5 Å². The maximum atomic E-state index is 12.9. The molecule has 0 aliphatic rings. The number of carbonyl (C=O) groups excluding carboxylic acids is 1. The maximum Gasteiger partial charge on any atom is 0.344 e. The Kier molecular flexibility index (Phi) is 5.61. The molecular formula is C21H17ClN2O5S. The van der Waals surface area contributed by atoms with Crippen molar-refractivity contribution in [3.8, 4) is 11.5 Å². The van der Waals surface area contributed by atoms with E-state index < -0.39 is 5.97 Å². The van der Waals surface area contributed by atoms with E-state index in [9.17, 15) is 9.59 Å². The van der Waals surface area contributed by atoms with E-state index in [0.29, 0.717) is 20.8 Å². The quantitative estimate of drug-likeness (QED) is 0.425. The molecule has 2 aromatic carbocycles. The summed E-state index contributed by atoms with van der Waals surface area (Å²) in [6, 6.07) is 10.8. The zero-order valence-electron chi connectivity index (χ0n) is 16.2. The van der Waals surface area contributed by atoms with Gasteiger partial charge in [0.2, 0.25) is 0 Å². The van der Waals surface area contributed by atoms with Crippen LogP contribution in [0.25, 0.3) is 22.1 Å². The molecule has 0 N–H and O–H groups in total. The molecule has 0 spiro atoms. The number of hydrogen-bond donors (Lipinski definition) is 0. The molecule has 0 amide bonds. The Balaban J connectivity index is 1.73. The van der Waals surface area contributed by atoms with Crippen LogP contribution in [-0.4, -0.2) is 35.7 Å². The molecular weight excluding hydrogens is 428 g/mol. The molecule has 0 saturated carbocycles.